The predicted octanol–water partition coefficient (Wildman–Crippen LogP) is 4.76. The van der Waals surface area contributed by atoms with Crippen LogP contribution in [0.3, 0.4) is 0 Å². The average molecular weight is 405 g/mol. The van der Waals surface area contributed by atoms with E-state index in [1.807, 2.05) is 0 Å². The third-order valence-electron chi connectivity index (χ3n) is 2.32. The van der Waals surface area contributed by atoms with Crippen molar-refractivity contribution in [1.29, 1.82) is 0 Å². The molecular weight excluding hydrogens is 397 g/mol. The number of nitrogens with two attached hydrogens (primary N) is 1. The number of carbonyl (C=O) groups excluding carboxylic acids is 1. The van der Waals surface area contributed by atoms with Crippen LogP contribution in [-0.2, 0) is 0 Å². The van der Waals surface area contributed by atoms with Crippen LogP contribution in [0, 0.1) is 0 Å². The van der Waals surface area contributed by atoms with Crippen LogP contribution < -0.4 is 10.5 Å². The highest BCUT2D eigenvalue weighted by Gasteiger charge is 2.12. The van der Waals surface area contributed by atoms with Gasteiger partial charge in [-0.15, -0.1) is 0 Å². The molecule has 0 radical (unpaired) electrons. The van der Waals surface area contributed by atoms with E-state index >= 15 is 0 Å². The van der Waals surface area contributed by atoms with Crippen LogP contribution in [0.25, 0.3) is 0 Å². The third-order valence-corrected chi connectivity index (χ3v) is 3.62. The molecule has 0 heterocycles. The van der Waals surface area contributed by atoms with Crippen LogP contribution in [0.5, 0.6) is 11.5 Å². The number of primary amides is 1. The van der Waals surface area contributed by atoms with Gasteiger partial charge in [0.05, 0.1) is 10.6 Å². The van der Waals surface area contributed by atoms with Crippen molar-refractivity contribution < 1.29 is 9.53 Å². The topological polar surface area (TPSA) is 52.3 Å². The van der Waals surface area contributed by atoms with Gasteiger partial charge < -0.3 is 10.5 Å². The lowest BCUT2D eigenvalue weighted by atomic mass is 10.2. The lowest BCUT2D eigenvalue weighted by Gasteiger charge is -2.11. The van der Waals surface area contributed by atoms with E-state index in [9.17, 15) is 4.79 Å². The molecule has 98 valence electrons. The molecule has 2 N–H and O–H groups in total. The molecule has 6 heteroatoms. The third kappa shape index (κ3) is 3.49. The lowest BCUT2D eigenvalue weighted by Crippen LogP contribution is -2.12. The molecule has 0 saturated heterocycles. The Morgan fingerprint density at radius 3 is 2.26 bits per heavy atom. The van der Waals surface area contributed by atoms with Crippen LogP contribution >= 0.6 is 43.5 Å². The van der Waals surface area contributed by atoms with Crippen molar-refractivity contribution in [3.63, 3.8) is 0 Å². The largest absolute Gasteiger partial charge is 0.455 e. The maximum atomic E-state index is 11.4. The summed E-state index contributed by atoms with van der Waals surface area (Å²) in [6, 6.07) is 10.2. The van der Waals surface area contributed by atoms with Gasteiger partial charge >= 0.3 is 0 Å². The molecule has 1 amide bonds. The van der Waals surface area contributed by atoms with Gasteiger partial charge in [-0.1, -0.05) is 43.5 Å². The molecule has 0 aliphatic rings. The van der Waals surface area contributed by atoms with Crippen molar-refractivity contribution in [3.8, 4) is 11.5 Å². The van der Waals surface area contributed by atoms with Crippen LogP contribution in [0.4, 0.5) is 0 Å². The molecule has 0 unspecified atom stereocenters. The Balaban J connectivity index is 2.45. The summed E-state index contributed by atoms with van der Waals surface area (Å²) in [7, 11) is 0. The molecule has 0 atom stereocenters. The van der Waals surface area contributed by atoms with Gasteiger partial charge in [0.15, 0.2) is 0 Å². The summed E-state index contributed by atoms with van der Waals surface area (Å²) < 4.78 is 7.27. The van der Waals surface area contributed by atoms with E-state index in [4.69, 9.17) is 22.1 Å². The minimum Gasteiger partial charge on any atom is -0.455 e. The SMILES string of the molecule is NC(=O)c1ccc(Br)cc1Oc1cc(Br)ccc1Cl. The number of ether oxygens (including phenoxy) is 1. The highest BCUT2D eigenvalue weighted by molar-refractivity contribution is 9.10. The van der Waals surface area contributed by atoms with Gasteiger partial charge in [0.25, 0.3) is 5.91 Å². The van der Waals surface area contributed by atoms with Gasteiger partial charge in [-0.05, 0) is 36.4 Å². The minimum atomic E-state index is -0.561. The summed E-state index contributed by atoms with van der Waals surface area (Å²) in [4.78, 5) is 11.4. The van der Waals surface area contributed by atoms with E-state index in [2.05, 4.69) is 31.9 Å². The molecule has 0 saturated carbocycles. The molecule has 3 nitrogen and oxygen atoms in total. The molecule has 0 bridgehead atoms. The van der Waals surface area contributed by atoms with E-state index in [1.165, 1.54) is 0 Å². The zero-order chi connectivity index (χ0) is 14.0. The fourth-order valence-corrected chi connectivity index (χ4v) is 2.29. The first-order chi connectivity index (χ1) is 8.97. The lowest BCUT2D eigenvalue weighted by molar-refractivity contribution is 0.0998. The van der Waals surface area contributed by atoms with Crippen molar-refractivity contribution in [2.45, 2.75) is 0 Å². The van der Waals surface area contributed by atoms with E-state index in [0.29, 0.717) is 22.1 Å². The Labute approximate surface area is 132 Å². The number of hydrogen-bond acceptors (Lipinski definition) is 2. The number of hydrogen-bond donors (Lipinski definition) is 1. The van der Waals surface area contributed by atoms with Crippen LogP contribution in [0.1, 0.15) is 10.4 Å². The molecule has 19 heavy (non-hydrogen) atoms. The van der Waals surface area contributed by atoms with Crippen molar-refractivity contribution in [2.24, 2.45) is 5.73 Å². The maximum Gasteiger partial charge on any atom is 0.252 e. The Kier molecular flexibility index (Phi) is 4.50. The van der Waals surface area contributed by atoms with E-state index in [1.54, 1.807) is 36.4 Å². The smallest absolute Gasteiger partial charge is 0.252 e. The van der Waals surface area contributed by atoms with Crippen molar-refractivity contribution >= 4 is 49.4 Å². The second kappa shape index (κ2) is 5.94. The summed E-state index contributed by atoms with van der Waals surface area (Å²) in [6.45, 7) is 0. The fraction of sp³-hybridized carbons (Fsp3) is 0. The van der Waals surface area contributed by atoms with E-state index < -0.39 is 5.91 Å². The first-order valence-corrected chi connectivity index (χ1v) is 7.16. The Hall–Kier alpha value is -1.04. The highest BCUT2D eigenvalue weighted by atomic mass is 79.9. The monoisotopic (exact) mass is 403 g/mol. The second-order valence-electron chi connectivity index (χ2n) is 3.68. The number of benzene rings is 2. The number of carbonyl (C=O) groups is 1. The molecular formula is C13H8Br2ClNO2. The average Bonchev–Trinajstić information content (AvgIpc) is 2.33. The van der Waals surface area contributed by atoms with Gasteiger partial charge in [-0.3, -0.25) is 4.79 Å². The Morgan fingerprint density at radius 1 is 1.05 bits per heavy atom. The van der Waals surface area contributed by atoms with Crippen LogP contribution in [0.2, 0.25) is 5.02 Å². The van der Waals surface area contributed by atoms with E-state index in [-0.39, 0.29) is 0 Å². The molecule has 2 aromatic rings. The van der Waals surface area contributed by atoms with Crippen molar-refractivity contribution in [1.82, 2.24) is 0 Å². The van der Waals surface area contributed by atoms with Gasteiger partial charge in [-0.2, -0.15) is 0 Å². The number of rotatable bonds is 3. The zero-order valence-electron chi connectivity index (χ0n) is 9.49. The molecule has 2 aromatic carbocycles. The summed E-state index contributed by atoms with van der Waals surface area (Å²) in [5, 5.41) is 0.443. The summed E-state index contributed by atoms with van der Waals surface area (Å²) in [5.74, 6) is 0.229. The standard InChI is InChI=1S/C13H8Br2ClNO2/c14-7-1-3-9(13(17)18)11(5-7)19-12-6-8(15)2-4-10(12)16/h1-6H,(H2,17,18). The first kappa shape index (κ1) is 14.4. The van der Waals surface area contributed by atoms with Gasteiger partial charge in [0.1, 0.15) is 11.5 Å². The maximum absolute atomic E-state index is 11.4. The molecule has 0 fully saturated rings. The molecule has 0 aliphatic carbocycles. The summed E-state index contributed by atoms with van der Waals surface area (Å²) in [5.41, 5.74) is 5.60. The Morgan fingerprint density at radius 2 is 1.63 bits per heavy atom. The fourth-order valence-electron chi connectivity index (χ4n) is 1.46. The van der Waals surface area contributed by atoms with Crippen LogP contribution in [0.15, 0.2) is 45.3 Å². The zero-order valence-corrected chi connectivity index (χ0v) is 13.4. The summed E-state index contributed by atoms with van der Waals surface area (Å²) in [6.07, 6.45) is 0. The molecule has 0 aromatic heterocycles. The quantitative estimate of drug-likeness (QED) is 0.801. The highest BCUT2D eigenvalue weighted by Crippen LogP contribution is 2.34. The molecule has 0 aliphatic heterocycles. The van der Waals surface area contributed by atoms with E-state index in [0.717, 1.165) is 8.95 Å². The van der Waals surface area contributed by atoms with Crippen molar-refractivity contribution in [3.05, 3.63) is 55.9 Å². The molecule has 2 rings (SSSR count). The van der Waals surface area contributed by atoms with Gasteiger partial charge in [0.2, 0.25) is 0 Å². The number of halogens is 3. The van der Waals surface area contributed by atoms with Gasteiger partial charge in [0, 0.05) is 8.95 Å². The Bertz CT molecular complexity index is 647. The predicted molar refractivity (Wildman–Crippen MR) is 81.9 cm³/mol. The van der Waals surface area contributed by atoms with Crippen LogP contribution in [-0.4, -0.2) is 5.91 Å². The number of amides is 1. The summed E-state index contributed by atoms with van der Waals surface area (Å²) >= 11 is 12.7. The second-order valence-corrected chi connectivity index (χ2v) is 5.92. The normalized spacial score (nSPS) is 10.3. The van der Waals surface area contributed by atoms with Gasteiger partial charge in [-0.25, -0.2) is 0 Å². The van der Waals surface area contributed by atoms with Crippen molar-refractivity contribution in [2.75, 3.05) is 0 Å². The first-order valence-electron chi connectivity index (χ1n) is 5.19. The minimum absolute atomic E-state index is 0.291. The molecule has 0 spiro atoms.